The van der Waals surface area contributed by atoms with Crippen LogP contribution in [0.2, 0.25) is 0 Å². The Kier molecular flexibility index (Phi) is 4.66. The summed E-state index contributed by atoms with van der Waals surface area (Å²) in [6.45, 7) is 2.90. The molecule has 0 radical (unpaired) electrons. The molecular weight excluding hydrogens is 304 g/mol. The number of rotatable bonds is 5. The van der Waals surface area contributed by atoms with E-state index in [2.05, 4.69) is 19.9 Å². The molecule has 4 rings (SSSR count). The second kappa shape index (κ2) is 7.23. The summed E-state index contributed by atoms with van der Waals surface area (Å²) in [4.78, 5) is 15.2. The number of aromatic nitrogens is 3. The minimum Gasteiger partial charge on any atom is -0.376 e. The molecule has 126 valence electrons. The first-order valence-corrected chi connectivity index (χ1v) is 8.54. The molecule has 1 saturated heterocycles. The molecular formula is C18H22N4O2. The topological polar surface area (TPSA) is 60.4 Å². The van der Waals surface area contributed by atoms with Crippen molar-refractivity contribution in [3.8, 4) is 0 Å². The van der Waals surface area contributed by atoms with Gasteiger partial charge in [0.2, 0.25) is 5.95 Å². The van der Waals surface area contributed by atoms with Crippen molar-refractivity contribution in [3.63, 3.8) is 0 Å². The second-order valence-corrected chi connectivity index (χ2v) is 6.36. The number of pyridine rings is 1. The van der Waals surface area contributed by atoms with Crippen LogP contribution in [0.4, 0.5) is 5.95 Å². The van der Waals surface area contributed by atoms with Gasteiger partial charge in [-0.2, -0.15) is 0 Å². The number of anilines is 1. The Balaban J connectivity index is 1.36. The standard InChI is InChI=1S/C18H22N4O2/c1-3-14(11-19-6-1)12-23-13-15-4-5-16-17(15)24-10-9-22(16)18-20-7-2-8-21-18/h1-3,6-8,11,15-17H,4-5,9-10,12-13H2/t15-,16+,17-/m1/s1. The van der Waals surface area contributed by atoms with Gasteiger partial charge in [-0.05, 0) is 30.5 Å². The molecule has 6 nitrogen and oxygen atoms in total. The van der Waals surface area contributed by atoms with Crippen LogP contribution in [-0.2, 0) is 16.1 Å². The van der Waals surface area contributed by atoms with Crippen molar-refractivity contribution in [2.75, 3.05) is 24.7 Å². The van der Waals surface area contributed by atoms with Crippen molar-refractivity contribution >= 4 is 5.95 Å². The van der Waals surface area contributed by atoms with Crippen molar-refractivity contribution in [2.45, 2.75) is 31.6 Å². The lowest BCUT2D eigenvalue weighted by Gasteiger charge is -2.39. The van der Waals surface area contributed by atoms with Gasteiger partial charge in [-0.1, -0.05) is 6.07 Å². The van der Waals surface area contributed by atoms with E-state index in [-0.39, 0.29) is 6.10 Å². The molecule has 1 aliphatic carbocycles. The lowest BCUT2D eigenvalue weighted by Crippen LogP contribution is -2.51. The number of morpholine rings is 1. The van der Waals surface area contributed by atoms with E-state index in [0.29, 0.717) is 18.6 Å². The number of ether oxygens (including phenoxy) is 2. The average molecular weight is 326 g/mol. The maximum absolute atomic E-state index is 6.08. The monoisotopic (exact) mass is 326 g/mol. The molecule has 3 atom stereocenters. The zero-order valence-corrected chi connectivity index (χ0v) is 13.6. The first kappa shape index (κ1) is 15.5. The predicted octanol–water partition coefficient (Wildman–Crippen LogP) is 2.07. The Morgan fingerprint density at radius 1 is 1.17 bits per heavy atom. The molecule has 0 aromatic carbocycles. The maximum atomic E-state index is 6.08. The van der Waals surface area contributed by atoms with Crippen LogP contribution in [0.1, 0.15) is 18.4 Å². The minimum atomic E-state index is 0.205. The molecule has 0 unspecified atom stereocenters. The summed E-state index contributed by atoms with van der Waals surface area (Å²) in [7, 11) is 0. The number of nitrogens with zero attached hydrogens (tertiary/aromatic N) is 4. The van der Waals surface area contributed by atoms with Gasteiger partial charge in [0.1, 0.15) is 0 Å². The van der Waals surface area contributed by atoms with E-state index in [4.69, 9.17) is 9.47 Å². The molecule has 2 aliphatic rings. The highest BCUT2D eigenvalue weighted by Crippen LogP contribution is 2.36. The summed E-state index contributed by atoms with van der Waals surface area (Å²) in [6, 6.07) is 6.18. The molecule has 0 bridgehead atoms. The molecule has 0 N–H and O–H groups in total. The van der Waals surface area contributed by atoms with Gasteiger partial charge in [0.25, 0.3) is 0 Å². The average Bonchev–Trinajstić information content (AvgIpc) is 3.07. The second-order valence-electron chi connectivity index (χ2n) is 6.36. The van der Waals surface area contributed by atoms with E-state index < -0.39 is 0 Å². The summed E-state index contributed by atoms with van der Waals surface area (Å²) in [6.07, 6.45) is 9.66. The molecule has 2 aromatic heterocycles. The SMILES string of the molecule is c1cnc(N2CCO[C@@H]3[C@@H](COCc4cccnc4)CC[C@@H]32)nc1. The fourth-order valence-electron chi connectivity index (χ4n) is 3.74. The highest BCUT2D eigenvalue weighted by Gasteiger charge is 2.43. The van der Waals surface area contributed by atoms with Gasteiger partial charge in [-0.3, -0.25) is 4.98 Å². The molecule has 2 aromatic rings. The summed E-state index contributed by atoms with van der Waals surface area (Å²) < 4.78 is 12.0. The Hall–Kier alpha value is -2.05. The molecule has 0 amide bonds. The number of hydrogen-bond acceptors (Lipinski definition) is 6. The Morgan fingerprint density at radius 2 is 2.08 bits per heavy atom. The molecule has 0 spiro atoms. The van der Waals surface area contributed by atoms with Crippen molar-refractivity contribution in [3.05, 3.63) is 48.5 Å². The molecule has 6 heteroatoms. The Labute approximate surface area is 141 Å². The van der Waals surface area contributed by atoms with Gasteiger partial charge in [0.15, 0.2) is 0 Å². The zero-order chi connectivity index (χ0) is 16.2. The smallest absolute Gasteiger partial charge is 0.225 e. The lowest BCUT2D eigenvalue weighted by molar-refractivity contribution is -0.0311. The quantitative estimate of drug-likeness (QED) is 0.838. The third-order valence-corrected chi connectivity index (χ3v) is 4.85. The molecule has 3 heterocycles. The van der Waals surface area contributed by atoms with Crippen LogP contribution in [0.15, 0.2) is 43.0 Å². The van der Waals surface area contributed by atoms with E-state index in [0.717, 1.165) is 44.1 Å². The van der Waals surface area contributed by atoms with Gasteiger partial charge in [0, 0.05) is 37.3 Å². The van der Waals surface area contributed by atoms with E-state index in [1.807, 2.05) is 24.4 Å². The van der Waals surface area contributed by atoms with Crippen LogP contribution in [0.25, 0.3) is 0 Å². The number of hydrogen-bond donors (Lipinski definition) is 0. The van der Waals surface area contributed by atoms with Crippen LogP contribution >= 0.6 is 0 Å². The van der Waals surface area contributed by atoms with Crippen molar-refractivity contribution in [1.82, 2.24) is 15.0 Å². The maximum Gasteiger partial charge on any atom is 0.225 e. The van der Waals surface area contributed by atoms with Crippen molar-refractivity contribution < 1.29 is 9.47 Å². The fourth-order valence-corrected chi connectivity index (χ4v) is 3.74. The third-order valence-electron chi connectivity index (χ3n) is 4.85. The zero-order valence-electron chi connectivity index (χ0n) is 13.6. The molecule has 24 heavy (non-hydrogen) atoms. The third kappa shape index (κ3) is 3.25. The highest BCUT2D eigenvalue weighted by atomic mass is 16.5. The van der Waals surface area contributed by atoms with Crippen LogP contribution in [-0.4, -0.2) is 46.9 Å². The van der Waals surface area contributed by atoms with E-state index in [1.54, 1.807) is 18.6 Å². The van der Waals surface area contributed by atoms with Crippen LogP contribution in [0.3, 0.4) is 0 Å². The van der Waals surface area contributed by atoms with Gasteiger partial charge in [0.05, 0.1) is 32.0 Å². The summed E-state index contributed by atoms with van der Waals surface area (Å²) in [5.41, 5.74) is 1.11. The van der Waals surface area contributed by atoms with Gasteiger partial charge in [-0.25, -0.2) is 9.97 Å². The van der Waals surface area contributed by atoms with Crippen molar-refractivity contribution in [2.24, 2.45) is 5.92 Å². The Bertz CT molecular complexity index is 640. The largest absolute Gasteiger partial charge is 0.376 e. The first-order valence-electron chi connectivity index (χ1n) is 8.54. The number of fused-ring (bicyclic) bond motifs is 1. The predicted molar refractivity (Wildman–Crippen MR) is 89.5 cm³/mol. The van der Waals surface area contributed by atoms with E-state index in [9.17, 15) is 0 Å². The molecule has 1 saturated carbocycles. The summed E-state index contributed by atoms with van der Waals surface area (Å²) in [5.74, 6) is 1.24. The summed E-state index contributed by atoms with van der Waals surface area (Å²) >= 11 is 0. The highest BCUT2D eigenvalue weighted by molar-refractivity contribution is 5.33. The summed E-state index contributed by atoms with van der Waals surface area (Å²) in [5, 5.41) is 0. The van der Waals surface area contributed by atoms with Crippen LogP contribution in [0, 0.1) is 5.92 Å². The van der Waals surface area contributed by atoms with Gasteiger partial charge < -0.3 is 14.4 Å². The molecule has 1 aliphatic heterocycles. The van der Waals surface area contributed by atoms with E-state index in [1.165, 1.54) is 0 Å². The fraction of sp³-hybridized carbons (Fsp3) is 0.500. The van der Waals surface area contributed by atoms with E-state index >= 15 is 0 Å². The van der Waals surface area contributed by atoms with Gasteiger partial charge in [-0.15, -0.1) is 0 Å². The van der Waals surface area contributed by atoms with Crippen LogP contribution < -0.4 is 4.90 Å². The van der Waals surface area contributed by atoms with Gasteiger partial charge >= 0.3 is 0 Å². The van der Waals surface area contributed by atoms with Crippen molar-refractivity contribution in [1.29, 1.82) is 0 Å². The normalized spacial score (nSPS) is 26.3. The lowest BCUT2D eigenvalue weighted by atomic mass is 10.0. The molecule has 2 fully saturated rings. The minimum absolute atomic E-state index is 0.205. The first-order chi connectivity index (χ1) is 11.9. The van der Waals surface area contributed by atoms with Crippen LogP contribution in [0.5, 0.6) is 0 Å². The Morgan fingerprint density at radius 3 is 2.92 bits per heavy atom.